The lowest BCUT2D eigenvalue weighted by Gasteiger charge is -2.25. The first kappa shape index (κ1) is 11.5. The maximum absolute atomic E-state index is 5.72. The van der Waals surface area contributed by atoms with Gasteiger partial charge in [0.1, 0.15) is 0 Å². The smallest absolute Gasteiger partial charge is 0.0534 e. The van der Waals surface area contributed by atoms with Crippen LogP contribution in [0.5, 0.6) is 0 Å². The van der Waals surface area contributed by atoms with Gasteiger partial charge in [-0.1, -0.05) is 0 Å². The van der Waals surface area contributed by atoms with Crippen LogP contribution >= 0.6 is 11.6 Å². The highest BCUT2D eigenvalue weighted by molar-refractivity contribution is 6.17. The minimum absolute atomic E-state index is 0.0948. The zero-order valence-corrected chi connectivity index (χ0v) is 9.80. The summed E-state index contributed by atoms with van der Waals surface area (Å²) in [5.41, 5.74) is 1.30. The SMILES string of the molecule is Cn1cc(CNC(C)(C)CCCl)cn1. The van der Waals surface area contributed by atoms with Crippen molar-refractivity contribution in [1.82, 2.24) is 15.1 Å². The molecule has 4 heteroatoms. The fourth-order valence-corrected chi connectivity index (χ4v) is 1.70. The molecule has 0 aliphatic rings. The van der Waals surface area contributed by atoms with Gasteiger partial charge in [0.2, 0.25) is 0 Å². The molecule has 0 spiro atoms. The molecule has 0 aliphatic carbocycles. The van der Waals surface area contributed by atoms with Crippen LogP contribution in [-0.2, 0) is 13.6 Å². The van der Waals surface area contributed by atoms with Crippen molar-refractivity contribution in [2.45, 2.75) is 32.4 Å². The number of nitrogens with one attached hydrogen (secondary N) is 1. The number of aryl methyl sites for hydroxylation is 1. The Kier molecular flexibility index (Phi) is 3.96. The Morgan fingerprint density at radius 1 is 1.57 bits per heavy atom. The molecule has 1 heterocycles. The van der Waals surface area contributed by atoms with E-state index in [1.165, 1.54) is 5.56 Å². The molecule has 0 aromatic carbocycles. The Bertz CT molecular complexity index is 281. The fourth-order valence-electron chi connectivity index (χ4n) is 1.23. The van der Waals surface area contributed by atoms with E-state index >= 15 is 0 Å². The van der Waals surface area contributed by atoms with Gasteiger partial charge < -0.3 is 5.32 Å². The van der Waals surface area contributed by atoms with E-state index in [1.54, 1.807) is 0 Å². The lowest BCUT2D eigenvalue weighted by atomic mass is 10.0. The first-order valence-electron chi connectivity index (χ1n) is 4.82. The molecule has 0 aliphatic heterocycles. The molecule has 0 saturated heterocycles. The number of hydrogen-bond acceptors (Lipinski definition) is 2. The number of alkyl halides is 1. The van der Waals surface area contributed by atoms with Crippen LogP contribution in [0.4, 0.5) is 0 Å². The second-order valence-corrected chi connectivity index (χ2v) is 4.58. The maximum atomic E-state index is 5.72. The van der Waals surface area contributed by atoms with Crippen LogP contribution in [0.25, 0.3) is 0 Å². The summed E-state index contributed by atoms with van der Waals surface area (Å²) in [4.78, 5) is 0. The van der Waals surface area contributed by atoms with Gasteiger partial charge in [0.15, 0.2) is 0 Å². The normalized spacial score (nSPS) is 12.0. The van der Waals surface area contributed by atoms with E-state index < -0.39 is 0 Å². The highest BCUT2D eigenvalue weighted by atomic mass is 35.5. The van der Waals surface area contributed by atoms with Crippen molar-refractivity contribution < 1.29 is 0 Å². The third-order valence-electron chi connectivity index (χ3n) is 2.25. The summed E-state index contributed by atoms with van der Waals surface area (Å²) in [5.74, 6) is 0.688. The zero-order chi connectivity index (χ0) is 10.6. The second-order valence-electron chi connectivity index (χ2n) is 4.20. The van der Waals surface area contributed by atoms with Gasteiger partial charge in [-0.3, -0.25) is 4.68 Å². The monoisotopic (exact) mass is 215 g/mol. The third-order valence-corrected chi connectivity index (χ3v) is 2.44. The topological polar surface area (TPSA) is 29.9 Å². The van der Waals surface area contributed by atoms with Crippen molar-refractivity contribution in [1.29, 1.82) is 0 Å². The van der Waals surface area contributed by atoms with Crippen LogP contribution in [0, 0.1) is 0 Å². The first-order valence-corrected chi connectivity index (χ1v) is 5.35. The Morgan fingerprint density at radius 3 is 2.79 bits per heavy atom. The number of rotatable bonds is 5. The molecule has 0 radical (unpaired) electrons. The molecule has 1 aromatic heterocycles. The molecule has 0 unspecified atom stereocenters. The number of hydrogen-bond donors (Lipinski definition) is 1. The Labute approximate surface area is 90.4 Å². The van der Waals surface area contributed by atoms with E-state index in [-0.39, 0.29) is 5.54 Å². The van der Waals surface area contributed by atoms with Gasteiger partial charge in [0.05, 0.1) is 6.20 Å². The van der Waals surface area contributed by atoms with Crippen LogP contribution < -0.4 is 5.32 Å². The molecule has 0 amide bonds. The van der Waals surface area contributed by atoms with Gasteiger partial charge in [-0.2, -0.15) is 5.10 Å². The Morgan fingerprint density at radius 2 is 2.29 bits per heavy atom. The summed E-state index contributed by atoms with van der Waals surface area (Å²) in [6, 6.07) is 0. The molecule has 14 heavy (non-hydrogen) atoms. The van der Waals surface area contributed by atoms with E-state index in [0.717, 1.165) is 13.0 Å². The average molecular weight is 216 g/mol. The standard InChI is InChI=1S/C10H18ClN3/c1-10(2,4-5-11)12-6-9-7-13-14(3)8-9/h7-8,12H,4-6H2,1-3H3. The molecule has 80 valence electrons. The van der Waals surface area contributed by atoms with Crippen molar-refractivity contribution in [2.75, 3.05) is 5.88 Å². The zero-order valence-electron chi connectivity index (χ0n) is 9.05. The van der Waals surface area contributed by atoms with Crippen LogP contribution in [-0.4, -0.2) is 21.2 Å². The molecule has 1 aromatic rings. The number of nitrogens with zero attached hydrogens (tertiary/aromatic N) is 2. The molecule has 0 saturated carbocycles. The van der Waals surface area contributed by atoms with Gasteiger partial charge in [0.25, 0.3) is 0 Å². The lowest BCUT2D eigenvalue weighted by molar-refractivity contribution is 0.376. The van der Waals surface area contributed by atoms with Crippen molar-refractivity contribution in [3.63, 3.8) is 0 Å². The highest BCUT2D eigenvalue weighted by Gasteiger charge is 2.15. The predicted molar refractivity (Wildman–Crippen MR) is 59.5 cm³/mol. The van der Waals surface area contributed by atoms with Crippen LogP contribution in [0.3, 0.4) is 0 Å². The van der Waals surface area contributed by atoms with Crippen LogP contribution in [0.15, 0.2) is 12.4 Å². The summed E-state index contributed by atoms with van der Waals surface area (Å²) in [5, 5.41) is 7.57. The minimum atomic E-state index is 0.0948. The maximum Gasteiger partial charge on any atom is 0.0534 e. The summed E-state index contributed by atoms with van der Waals surface area (Å²) < 4.78 is 1.81. The van der Waals surface area contributed by atoms with Gasteiger partial charge in [-0.15, -0.1) is 11.6 Å². The Balaban J connectivity index is 2.40. The van der Waals surface area contributed by atoms with Gasteiger partial charge in [-0.05, 0) is 20.3 Å². The van der Waals surface area contributed by atoms with E-state index in [0.29, 0.717) is 5.88 Å². The Hall–Kier alpha value is -0.540. The third kappa shape index (κ3) is 3.68. The average Bonchev–Trinajstić information content (AvgIpc) is 2.48. The first-order chi connectivity index (χ1) is 6.53. The molecule has 1 rings (SSSR count). The summed E-state index contributed by atoms with van der Waals surface area (Å²) >= 11 is 5.72. The number of aromatic nitrogens is 2. The van der Waals surface area contributed by atoms with Crippen LogP contribution in [0.2, 0.25) is 0 Å². The van der Waals surface area contributed by atoms with Gasteiger partial charge >= 0.3 is 0 Å². The molecule has 1 N–H and O–H groups in total. The van der Waals surface area contributed by atoms with E-state index in [2.05, 4.69) is 24.3 Å². The second kappa shape index (κ2) is 4.80. The van der Waals surface area contributed by atoms with Gasteiger partial charge in [0, 0.05) is 36.8 Å². The molecule has 0 fully saturated rings. The van der Waals surface area contributed by atoms with E-state index in [1.807, 2.05) is 24.1 Å². The van der Waals surface area contributed by atoms with E-state index in [9.17, 15) is 0 Å². The minimum Gasteiger partial charge on any atom is -0.308 e. The summed E-state index contributed by atoms with van der Waals surface area (Å²) in [6.07, 6.45) is 4.86. The molecule has 0 atom stereocenters. The number of halogens is 1. The fraction of sp³-hybridized carbons (Fsp3) is 0.700. The van der Waals surface area contributed by atoms with E-state index in [4.69, 9.17) is 11.6 Å². The predicted octanol–water partition coefficient (Wildman–Crippen LogP) is 1.92. The highest BCUT2D eigenvalue weighted by Crippen LogP contribution is 2.10. The quantitative estimate of drug-likeness (QED) is 0.761. The molecular formula is C10H18ClN3. The van der Waals surface area contributed by atoms with Crippen molar-refractivity contribution in [2.24, 2.45) is 7.05 Å². The van der Waals surface area contributed by atoms with Crippen LogP contribution in [0.1, 0.15) is 25.8 Å². The molecule has 3 nitrogen and oxygen atoms in total. The van der Waals surface area contributed by atoms with Gasteiger partial charge in [-0.25, -0.2) is 0 Å². The lowest BCUT2D eigenvalue weighted by Crippen LogP contribution is -2.38. The largest absolute Gasteiger partial charge is 0.308 e. The summed E-state index contributed by atoms with van der Waals surface area (Å²) in [6.45, 7) is 5.16. The van der Waals surface area contributed by atoms with Crippen molar-refractivity contribution in [3.05, 3.63) is 18.0 Å². The molecular weight excluding hydrogens is 198 g/mol. The summed E-state index contributed by atoms with van der Waals surface area (Å²) in [7, 11) is 1.92. The molecule has 0 bridgehead atoms. The van der Waals surface area contributed by atoms with Crippen molar-refractivity contribution >= 4 is 11.6 Å². The van der Waals surface area contributed by atoms with Crippen molar-refractivity contribution in [3.8, 4) is 0 Å².